The summed E-state index contributed by atoms with van der Waals surface area (Å²) >= 11 is 0. The van der Waals surface area contributed by atoms with Crippen molar-refractivity contribution < 1.29 is 14.4 Å². The first-order valence-corrected chi connectivity index (χ1v) is 9.25. The summed E-state index contributed by atoms with van der Waals surface area (Å²) < 4.78 is 5.64. The normalized spacial score (nSPS) is 19.5. The number of aryl methyl sites for hydroxylation is 1. The minimum atomic E-state index is -0.239. The monoisotopic (exact) mass is 327 g/mol. The van der Waals surface area contributed by atoms with Crippen LogP contribution in [-0.2, 0) is 19.4 Å². The molecule has 0 bridgehead atoms. The molecule has 1 heterocycles. The first-order valence-electron chi connectivity index (χ1n) is 9.25. The molecule has 1 saturated carbocycles. The molecule has 4 heteroatoms. The topological polar surface area (TPSA) is 57.7 Å². The predicted octanol–water partition coefficient (Wildman–Crippen LogP) is 1.70. The molecule has 1 aromatic carbocycles. The lowest BCUT2D eigenvalue weighted by Gasteiger charge is -2.29. The van der Waals surface area contributed by atoms with Gasteiger partial charge in [0, 0.05) is 16.5 Å². The molecule has 4 nitrogen and oxygen atoms in total. The highest BCUT2D eigenvalue weighted by atomic mass is 16.4. The molecule has 128 valence electrons. The molecule has 0 spiro atoms. The minimum absolute atomic E-state index is 0.00115. The second-order valence-electron chi connectivity index (χ2n) is 7.48. The summed E-state index contributed by atoms with van der Waals surface area (Å²) in [4.78, 5) is 13.7. The molecule has 1 fully saturated rings. The van der Waals surface area contributed by atoms with E-state index in [4.69, 9.17) is 4.42 Å². The first-order chi connectivity index (χ1) is 11.6. The van der Waals surface area contributed by atoms with Crippen LogP contribution in [0.4, 0.5) is 0 Å². The van der Waals surface area contributed by atoms with Gasteiger partial charge in [-0.25, -0.2) is 4.79 Å². The van der Waals surface area contributed by atoms with Gasteiger partial charge in [0.25, 0.3) is 0 Å². The van der Waals surface area contributed by atoms with E-state index in [1.165, 1.54) is 37.0 Å². The fraction of sp³-hybridized carbons (Fsp3) is 0.550. The SMILES string of the molecule is C[NH+](Cc1c([O-])ccc2c3c(c(=O)oc12)CCC3)C1CCCCC1. The Morgan fingerprint density at radius 3 is 2.67 bits per heavy atom. The Kier molecular flexibility index (Phi) is 4.09. The van der Waals surface area contributed by atoms with Crippen LogP contribution in [-0.4, -0.2) is 13.1 Å². The van der Waals surface area contributed by atoms with Gasteiger partial charge in [-0.15, -0.1) is 0 Å². The maximum absolute atomic E-state index is 12.5. The fourth-order valence-corrected chi connectivity index (χ4v) is 4.57. The van der Waals surface area contributed by atoms with Gasteiger partial charge in [-0.1, -0.05) is 24.3 Å². The molecule has 0 amide bonds. The lowest BCUT2D eigenvalue weighted by Crippen LogP contribution is -3.11. The van der Waals surface area contributed by atoms with Gasteiger partial charge < -0.3 is 14.4 Å². The standard InChI is InChI=1S/C20H25NO3/c1-21(13-6-3-2-4-7-13)12-17-18(22)11-10-15-14-8-5-9-16(14)20(23)24-19(15)17/h10-11,13,22H,2-9,12H2,1H3. The summed E-state index contributed by atoms with van der Waals surface area (Å²) in [7, 11) is 2.17. The molecule has 0 saturated heterocycles. The van der Waals surface area contributed by atoms with E-state index in [1.807, 2.05) is 6.07 Å². The van der Waals surface area contributed by atoms with Crippen LogP contribution >= 0.6 is 0 Å². The fourth-order valence-electron chi connectivity index (χ4n) is 4.57. The van der Waals surface area contributed by atoms with Crippen molar-refractivity contribution >= 4 is 11.0 Å². The molecule has 1 aromatic heterocycles. The third kappa shape index (κ3) is 2.63. The van der Waals surface area contributed by atoms with Crippen molar-refractivity contribution in [3.05, 3.63) is 39.2 Å². The highest BCUT2D eigenvalue weighted by Crippen LogP contribution is 2.31. The maximum Gasteiger partial charge on any atom is 0.339 e. The number of hydrogen-bond acceptors (Lipinski definition) is 3. The lowest BCUT2D eigenvalue weighted by molar-refractivity contribution is -0.921. The van der Waals surface area contributed by atoms with Crippen LogP contribution in [0.5, 0.6) is 5.75 Å². The minimum Gasteiger partial charge on any atom is -0.872 e. The third-order valence-corrected chi connectivity index (χ3v) is 5.96. The van der Waals surface area contributed by atoms with Crippen LogP contribution in [0.15, 0.2) is 21.3 Å². The van der Waals surface area contributed by atoms with E-state index in [0.29, 0.717) is 23.7 Å². The van der Waals surface area contributed by atoms with E-state index < -0.39 is 0 Å². The number of benzene rings is 1. The molecule has 0 aliphatic heterocycles. The second kappa shape index (κ2) is 6.25. The van der Waals surface area contributed by atoms with Gasteiger partial charge in [0.2, 0.25) is 0 Å². The van der Waals surface area contributed by atoms with Gasteiger partial charge in [-0.3, -0.25) is 0 Å². The highest BCUT2D eigenvalue weighted by molar-refractivity contribution is 5.86. The molecule has 4 rings (SSSR count). The second-order valence-corrected chi connectivity index (χ2v) is 7.48. The lowest BCUT2D eigenvalue weighted by atomic mass is 9.94. The van der Waals surface area contributed by atoms with E-state index in [-0.39, 0.29) is 11.4 Å². The van der Waals surface area contributed by atoms with Crippen LogP contribution in [0.3, 0.4) is 0 Å². The van der Waals surface area contributed by atoms with Crippen molar-refractivity contribution in [1.82, 2.24) is 0 Å². The number of rotatable bonds is 3. The Hall–Kier alpha value is -1.81. The van der Waals surface area contributed by atoms with Crippen molar-refractivity contribution in [2.45, 2.75) is 64.0 Å². The predicted molar refractivity (Wildman–Crippen MR) is 91.4 cm³/mol. The summed E-state index contributed by atoms with van der Waals surface area (Å²) in [5, 5.41) is 13.5. The molecule has 1 unspecified atom stereocenters. The summed E-state index contributed by atoms with van der Waals surface area (Å²) in [5.41, 5.74) is 2.92. The van der Waals surface area contributed by atoms with E-state index in [9.17, 15) is 9.90 Å². The Morgan fingerprint density at radius 1 is 1.12 bits per heavy atom. The average molecular weight is 327 g/mol. The van der Waals surface area contributed by atoms with Crippen LogP contribution in [0, 0.1) is 0 Å². The Morgan fingerprint density at radius 2 is 1.88 bits per heavy atom. The summed E-state index contributed by atoms with van der Waals surface area (Å²) in [5.74, 6) is -0.00115. The van der Waals surface area contributed by atoms with E-state index >= 15 is 0 Å². The first kappa shape index (κ1) is 15.7. The van der Waals surface area contributed by atoms with Crippen LogP contribution in [0.25, 0.3) is 11.0 Å². The van der Waals surface area contributed by atoms with E-state index in [2.05, 4.69) is 7.05 Å². The molecule has 2 aliphatic rings. The average Bonchev–Trinajstić information content (AvgIpc) is 3.09. The number of hydrogen-bond donors (Lipinski definition) is 1. The zero-order valence-corrected chi connectivity index (χ0v) is 14.3. The van der Waals surface area contributed by atoms with Gasteiger partial charge in [-0.05, 0) is 50.5 Å². The van der Waals surface area contributed by atoms with Gasteiger partial charge >= 0.3 is 5.63 Å². The van der Waals surface area contributed by atoms with Crippen LogP contribution in [0.2, 0.25) is 0 Å². The van der Waals surface area contributed by atoms with Crippen molar-refractivity contribution in [1.29, 1.82) is 0 Å². The molecule has 2 aromatic rings. The third-order valence-electron chi connectivity index (χ3n) is 5.96. The zero-order chi connectivity index (χ0) is 16.7. The van der Waals surface area contributed by atoms with Crippen molar-refractivity contribution in [3.8, 4) is 5.75 Å². The molecular formula is C20H25NO3. The van der Waals surface area contributed by atoms with Crippen LogP contribution in [0.1, 0.15) is 55.2 Å². The highest BCUT2D eigenvalue weighted by Gasteiger charge is 2.25. The van der Waals surface area contributed by atoms with Crippen LogP contribution < -0.4 is 15.6 Å². The Balaban J connectivity index is 1.76. The van der Waals surface area contributed by atoms with Gasteiger partial charge in [0.15, 0.2) is 0 Å². The summed E-state index contributed by atoms with van der Waals surface area (Å²) in [6.45, 7) is 0.641. The van der Waals surface area contributed by atoms with Crippen molar-refractivity contribution in [2.75, 3.05) is 7.05 Å². The number of fused-ring (bicyclic) bond motifs is 3. The smallest absolute Gasteiger partial charge is 0.339 e. The molecule has 2 aliphatic carbocycles. The molecule has 24 heavy (non-hydrogen) atoms. The van der Waals surface area contributed by atoms with Gasteiger partial charge in [0.05, 0.1) is 13.1 Å². The Labute approximate surface area is 142 Å². The summed E-state index contributed by atoms with van der Waals surface area (Å²) in [6.07, 6.45) is 9.06. The van der Waals surface area contributed by atoms with E-state index in [1.54, 1.807) is 6.07 Å². The van der Waals surface area contributed by atoms with Crippen molar-refractivity contribution in [3.63, 3.8) is 0 Å². The molecule has 0 radical (unpaired) electrons. The van der Waals surface area contributed by atoms with Crippen molar-refractivity contribution in [2.24, 2.45) is 0 Å². The number of quaternary nitrogens is 1. The zero-order valence-electron chi connectivity index (χ0n) is 14.3. The summed E-state index contributed by atoms with van der Waals surface area (Å²) in [6, 6.07) is 4.11. The van der Waals surface area contributed by atoms with Gasteiger partial charge in [-0.2, -0.15) is 0 Å². The molecule has 1 atom stereocenters. The molecule has 1 N–H and O–H groups in total. The number of nitrogens with one attached hydrogen (secondary N) is 1. The quantitative estimate of drug-likeness (QED) is 0.873. The van der Waals surface area contributed by atoms with E-state index in [0.717, 1.165) is 35.8 Å². The Bertz CT molecular complexity index is 818. The van der Waals surface area contributed by atoms with Gasteiger partial charge in [0.1, 0.15) is 12.1 Å². The largest absolute Gasteiger partial charge is 0.872 e. The maximum atomic E-state index is 12.5. The molecular weight excluding hydrogens is 302 g/mol.